The summed E-state index contributed by atoms with van der Waals surface area (Å²) in [5.74, 6) is -0.109. The second-order valence-corrected chi connectivity index (χ2v) is 9.44. The quantitative estimate of drug-likeness (QED) is 0.823. The Bertz CT molecular complexity index is 738. The summed E-state index contributed by atoms with van der Waals surface area (Å²) < 4.78 is 27.1. The highest BCUT2D eigenvalue weighted by atomic mass is 32.2. The van der Waals surface area contributed by atoms with Crippen molar-refractivity contribution in [2.45, 2.75) is 46.1 Å². The topological polar surface area (TPSA) is 69.7 Å². The van der Waals surface area contributed by atoms with Gasteiger partial charge >= 0.3 is 0 Å². The molecule has 1 amide bonds. The number of nitrogens with one attached hydrogen (secondary N) is 1. The summed E-state index contributed by atoms with van der Waals surface area (Å²) >= 11 is 0. The highest BCUT2D eigenvalue weighted by Gasteiger charge is 2.32. The van der Waals surface area contributed by atoms with Gasteiger partial charge in [0.05, 0.1) is 6.04 Å². The minimum Gasteiger partial charge on any atom is -0.349 e. The van der Waals surface area contributed by atoms with Crippen molar-refractivity contribution in [3.05, 3.63) is 34.9 Å². The number of rotatable bonds is 6. The maximum atomic E-state index is 12.7. The summed E-state index contributed by atoms with van der Waals surface area (Å²) in [6, 6.07) is 6.29. The molecule has 0 aromatic heterocycles. The summed E-state index contributed by atoms with van der Waals surface area (Å²) in [7, 11) is -0.331. The monoisotopic (exact) mass is 381 g/mol. The highest BCUT2D eigenvalue weighted by molar-refractivity contribution is 7.86. The van der Waals surface area contributed by atoms with Crippen molar-refractivity contribution in [2.75, 3.05) is 27.2 Å². The van der Waals surface area contributed by atoms with Crippen molar-refractivity contribution in [3.63, 3.8) is 0 Å². The predicted molar refractivity (Wildman–Crippen MR) is 104 cm³/mol. The summed E-state index contributed by atoms with van der Waals surface area (Å²) in [5, 5.41) is 3.17. The van der Waals surface area contributed by atoms with Crippen LogP contribution in [-0.2, 0) is 15.0 Å². The van der Waals surface area contributed by atoms with Crippen molar-refractivity contribution in [2.24, 2.45) is 5.92 Å². The number of carbonyl (C=O) groups excluding carboxylic acids is 1. The average molecular weight is 382 g/mol. The van der Waals surface area contributed by atoms with Gasteiger partial charge in [-0.05, 0) is 44.2 Å². The minimum absolute atomic E-state index is 0.00774. The third-order valence-corrected chi connectivity index (χ3v) is 7.08. The molecule has 1 saturated heterocycles. The van der Waals surface area contributed by atoms with Crippen molar-refractivity contribution < 1.29 is 13.2 Å². The number of piperidine rings is 1. The molecule has 0 saturated carbocycles. The van der Waals surface area contributed by atoms with E-state index in [9.17, 15) is 13.2 Å². The van der Waals surface area contributed by atoms with Crippen LogP contribution in [0.15, 0.2) is 18.2 Å². The van der Waals surface area contributed by atoms with E-state index in [-0.39, 0.29) is 17.9 Å². The highest BCUT2D eigenvalue weighted by Crippen LogP contribution is 2.25. The van der Waals surface area contributed by atoms with Crippen LogP contribution in [0.2, 0.25) is 0 Å². The number of carbonyl (C=O) groups is 1. The molecule has 0 unspecified atom stereocenters. The van der Waals surface area contributed by atoms with Crippen molar-refractivity contribution in [1.82, 2.24) is 13.9 Å². The molecule has 2 rings (SSSR count). The molecule has 0 radical (unpaired) electrons. The first-order chi connectivity index (χ1) is 12.2. The molecule has 26 heavy (non-hydrogen) atoms. The van der Waals surface area contributed by atoms with Crippen LogP contribution in [0.3, 0.4) is 0 Å². The number of aryl methyl sites for hydroxylation is 2. The van der Waals surface area contributed by atoms with E-state index in [0.717, 1.165) is 12.0 Å². The molecule has 146 valence electrons. The van der Waals surface area contributed by atoms with Gasteiger partial charge in [0.15, 0.2) is 0 Å². The number of hydrogen-bond donors (Lipinski definition) is 1. The first-order valence-corrected chi connectivity index (χ1v) is 10.6. The minimum atomic E-state index is -3.39. The molecule has 1 aliphatic heterocycles. The number of hydrogen-bond acceptors (Lipinski definition) is 3. The molecule has 1 aromatic rings. The molecule has 6 nitrogen and oxygen atoms in total. The second kappa shape index (κ2) is 8.50. The van der Waals surface area contributed by atoms with Crippen molar-refractivity contribution in [3.8, 4) is 0 Å². The van der Waals surface area contributed by atoms with Crippen LogP contribution in [-0.4, -0.2) is 50.1 Å². The van der Waals surface area contributed by atoms with Crippen molar-refractivity contribution >= 4 is 16.1 Å². The summed E-state index contributed by atoms with van der Waals surface area (Å²) in [6.45, 7) is 6.97. The Kier molecular flexibility index (Phi) is 6.82. The van der Waals surface area contributed by atoms with E-state index in [1.807, 2.05) is 0 Å². The molecule has 0 spiro atoms. The van der Waals surface area contributed by atoms with E-state index in [4.69, 9.17) is 0 Å². The molecule has 0 bridgehead atoms. The molecule has 1 N–H and O–H groups in total. The third-order valence-electron chi connectivity index (χ3n) is 5.14. The van der Waals surface area contributed by atoms with Crippen LogP contribution in [0.4, 0.5) is 0 Å². The molecule has 1 atom stereocenters. The fourth-order valence-electron chi connectivity index (χ4n) is 3.49. The van der Waals surface area contributed by atoms with Crippen LogP contribution in [0.1, 0.15) is 48.9 Å². The van der Waals surface area contributed by atoms with Crippen LogP contribution in [0.25, 0.3) is 0 Å². The molecule has 0 aliphatic carbocycles. The molecule has 1 aromatic carbocycles. The lowest BCUT2D eigenvalue weighted by atomic mass is 9.94. The van der Waals surface area contributed by atoms with Gasteiger partial charge in [0, 0.05) is 33.1 Å². The zero-order valence-corrected chi connectivity index (χ0v) is 17.3. The fraction of sp³-hybridized carbons (Fsp3) is 0.632. The van der Waals surface area contributed by atoms with Crippen LogP contribution in [0, 0.1) is 19.8 Å². The maximum Gasteiger partial charge on any atom is 0.281 e. The van der Waals surface area contributed by atoms with Gasteiger partial charge in [-0.25, -0.2) is 0 Å². The normalized spacial score (nSPS) is 18.1. The largest absolute Gasteiger partial charge is 0.349 e. The van der Waals surface area contributed by atoms with Gasteiger partial charge in [-0.15, -0.1) is 0 Å². The SMILES string of the molecule is CC[C@H](NC(=O)C1CCN(S(=O)(=O)N(C)C)CC1)c1ccc(C)cc1C. The smallest absolute Gasteiger partial charge is 0.281 e. The molecule has 1 aliphatic rings. The molecule has 1 fully saturated rings. The third kappa shape index (κ3) is 4.64. The average Bonchev–Trinajstić information content (AvgIpc) is 2.60. The van der Waals surface area contributed by atoms with Gasteiger partial charge in [-0.1, -0.05) is 30.7 Å². The Labute approximate surface area is 157 Å². The van der Waals surface area contributed by atoms with Crippen LogP contribution in [0.5, 0.6) is 0 Å². The lowest BCUT2D eigenvalue weighted by molar-refractivity contribution is -0.126. The Hall–Kier alpha value is -1.44. The van der Waals surface area contributed by atoms with E-state index in [1.54, 1.807) is 0 Å². The van der Waals surface area contributed by atoms with Gasteiger partial charge in [-0.3, -0.25) is 4.79 Å². The second-order valence-electron chi connectivity index (χ2n) is 7.29. The van der Waals surface area contributed by atoms with Gasteiger partial charge in [0.25, 0.3) is 10.2 Å². The number of amides is 1. The zero-order chi connectivity index (χ0) is 19.5. The summed E-state index contributed by atoms with van der Waals surface area (Å²) in [4.78, 5) is 12.7. The van der Waals surface area contributed by atoms with Gasteiger partial charge in [-0.2, -0.15) is 17.0 Å². The fourth-order valence-corrected chi connectivity index (χ4v) is 4.62. The summed E-state index contributed by atoms with van der Waals surface area (Å²) in [6.07, 6.45) is 1.94. The Morgan fingerprint density at radius 2 is 1.88 bits per heavy atom. The van der Waals surface area contributed by atoms with Gasteiger partial charge < -0.3 is 5.32 Å². The lowest BCUT2D eigenvalue weighted by Crippen LogP contribution is -2.47. The number of benzene rings is 1. The van der Waals surface area contributed by atoms with E-state index < -0.39 is 10.2 Å². The zero-order valence-electron chi connectivity index (χ0n) is 16.4. The van der Waals surface area contributed by atoms with E-state index in [2.05, 4.69) is 44.3 Å². The van der Waals surface area contributed by atoms with E-state index >= 15 is 0 Å². The van der Waals surface area contributed by atoms with E-state index in [1.165, 1.54) is 33.8 Å². The predicted octanol–water partition coefficient (Wildman–Crippen LogP) is 2.39. The molecule has 1 heterocycles. The van der Waals surface area contributed by atoms with E-state index in [0.29, 0.717) is 25.9 Å². The van der Waals surface area contributed by atoms with Crippen LogP contribution < -0.4 is 5.32 Å². The lowest BCUT2D eigenvalue weighted by Gasteiger charge is -2.33. The molecular formula is C19H31N3O3S. The van der Waals surface area contributed by atoms with Gasteiger partial charge in [0.2, 0.25) is 5.91 Å². The van der Waals surface area contributed by atoms with Crippen LogP contribution >= 0.6 is 0 Å². The summed E-state index contributed by atoms with van der Waals surface area (Å²) in [5.41, 5.74) is 3.55. The maximum absolute atomic E-state index is 12.7. The first kappa shape index (κ1) is 20.9. The van der Waals surface area contributed by atoms with Crippen molar-refractivity contribution in [1.29, 1.82) is 0 Å². The standard InChI is InChI=1S/C19H31N3O3S/c1-6-18(17-8-7-14(2)13-15(17)3)20-19(23)16-9-11-22(12-10-16)26(24,25)21(4)5/h7-8,13,16,18H,6,9-12H2,1-5H3,(H,20,23)/t18-/m0/s1. The molecular weight excluding hydrogens is 350 g/mol. The Balaban J connectivity index is 2.00. The Morgan fingerprint density at radius 1 is 1.27 bits per heavy atom. The number of nitrogens with zero attached hydrogens (tertiary/aromatic N) is 2. The Morgan fingerprint density at radius 3 is 2.38 bits per heavy atom. The first-order valence-electron chi connectivity index (χ1n) is 9.22. The van der Waals surface area contributed by atoms with Gasteiger partial charge in [0.1, 0.15) is 0 Å². The molecule has 7 heteroatoms.